The minimum Gasteiger partial charge on any atom is -0.468 e. The Morgan fingerprint density at radius 1 is 1.43 bits per heavy atom. The minimum absolute atomic E-state index is 0.00617. The van der Waals surface area contributed by atoms with E-state index in [2.05, 4.69) is 31.2 Å². The standard InChI is InChI=1S/C13H15NOS.C2H10OSi2/c15-12-11(13-14(12)8-9-16-13)7-6-10-4-2-1-3-5-10;1-2-5-3-4/h1-5,11,13H,6-9H2;2,5H2,1,4H3/t11?,13-;/m0./s1. The molecule has 2 aliphatic heterocycles. The van der Waals surface area contributed by atoms with Gasteiger partial charge < -0.3 is 9.02 Å². The molecule has 2 aliphatic rings. The Balaban J connectivity index is 0.000000282. The average molecular weight is 340 g/mol. The van der Waals surface area contributed by atoms with Crippen LogP contribution in [0.2, 0.25) is 6.04 Å². The fourth-order valence-electron chi connectivity index (χ4n) is 2.75. The molecule has 0 saturated carbocycles. The van der Waals surface area contributed by atoms with Crippen LogP contribution in [0, 0.1) is 5.92 Å². The van der Waals surface area contributed by atoms with E-state index in [0.717, 1.165) is 35.6 Å². The highest BCUT2D eigenvalue weighted by Gasteiger charge is 2.49. The molecule has 0 radical (unpaired) electrons. The van der Waals surface area contributed by atoms with Crippen LogP contribution in [0.4, 0.5) is 0 Å². The molecule has 3 nitrogen and oxygen atoms in total. The van der Waals surface area contributed by atoms with Gasteiger partial charge in [-0.05, 0) is 24.4 Å². The number of benzene rings is 1. The van der Waals surface area contributed by atoms with Gasteiger partial charge in [-0.1, -0.05) is 37.3 Å². The number of β-lactam (4-membered cyclic amide) rings is 1. The lowest BCUT2D eigenvalue weighted by molar-refractivity contribution is -0.149. The summed E-state index contributed by atoms with van der Waals surface area (Å²) in [7, 11) is 0.954. The van der Waals surface area contributed by atoms with E-state index in [4.69, 9.17) is 4.12 Å². The van der Waals surface area contributed by atoms with Crippen molar-refractivity contribution in [2.75, 3.05) is 12.3 Å². The van der Waals surface area contributed by atoms with Gasteiger partial charge in [0.1, 0.15) is 20.2 Å². The molecule has 0 N–H and O–H groups in total. The summed E-state index contributed by atoms with van der Waals surface area (Å²) < 4.78 is 4.97. The summed E-state index contributed by atoms with van der Waals surface area (Å²) in [5.41, 5.74) is 1.34. The summed E-state index contributed by atoms with van der Waals surface area (Å²) in [4.78, 5) is 13.8. The van der Waals surface area contributed by atoms with Gasteiger partial charge in [-0.2, -0.15) is 0 Å². The molecule has 2 atom stereocenters. The second kappa shape index (κ2) is 8.77. The third-order valence-electron chi connectivity index (χ3n) is 3.87. The van der Waals surface area contributed by atoms with Gasteiger partial charge in [0.15, 0.2) is 0 Å². The quantitative estimate of drug-likeness (QED) is 0.591. The first-order valence-electron chi connectivity index (χ1n) is 7.73. The molecule has 21 heavy (non-hydrogen) atoms. The highest BCUT2D eigenvalue weighted by molar-refractivity contribution is 8.00. The van der Waals surface area contributed by atoms with Crippen molar-refractivity contribution in [1.82, 2.24) is 4.90 Å². The highest BCUT2D eigenvalue weighted by atomic mass is 32.2. The Morgan fingerprint density at radius 3 is 2.81 bits per heavy atom. The van der Waals surface area contributed by atoms with Crippen LogP contribution in [-0.4, -0.2) is 48.7 Å². The van der Waals surface area contributed by atoms with Crippen molar-refractivity contribution in [3.8, 4) is 0 Å². The van der Waals surface area contributed by atoms with Gasteiger partial charge in [0, 0.05) is 12.3 Å². The molecule has 0 spiro atoms. The van der Waals surface area contributed by atoms with E-state index in [0.29, 0.717) is 11.3 Å². The third-order valence-corrected chi connectivity index (χ3v) is 7.25. The zero-order chi connectivity index (χ0) is 15.1. The smallest absolute Gasteiger partial charge is 0.229 e. The van der Waals surface area contributed by atoms with Crippen molar-refractivity contribution in [2.45, 2.75) is 31.2 Å². The monoisotopic (exact) mass is 339 g/mol. The zero-order valence-corrected chi connectivity index (χ0v) is 17.2. The second-order valence-electron chi connectivity index (χ2n) is 5.42. The Morgan fingerprint density at radius 2 is 2.19 bits per heavy atom. The summed E-state index contributed by atoms with van der Waals surface area (Å²) in [6.45, 7) is 3.14. The Bertz CT molecular complexity index is 445. The number of nitrogens with zero attached hydrogens (tertiary/aromatic N) is 1. The molecule has 116 valence electrons. The molecular weight excluding hydrogens is 314 g/mol. The topological polar surface area (TPSA) is 29.5 Å². The number of thioether (sulfide) groups is 1. The number of carbonyl (C=O) groups excluding carboxylic acids is 1. The van der Waals surface area contributed by atoms with Crippen LogP contribution in [0.1, 0.15) is 18.9 Å². The molecule has 1 unspecified atom stereocenters. The molecule has 2 heterocycles. The van der Waals surface area contributed by atoms with E-state index in [9.17, 15) is 4.79 Å². The number of aryl methyl sites for hydroxylation is 1. The van der Waals surface area contributed by atoms with Crippen molar-refractivity contribution >= 4 is 37.9 Å². The molecule has 0 bridgehead atoms. The Labute approximate surface area is 137 Å². The average Bonchev–Trinajstić information content (AvgIpc) is 2.94. The molecule has 2 fully saturated rings. The molecule has 1 aromatic rings. The van der Waals surface area contributed by atoms with Crippen molar-refractivity contribution in [3.05, 3.63) is 35.9 Å². The summed E-state index contributed by atoms with van der Waals surface area (Å²) in [6, 6.07) is 11.7. The van der Waals surface area contributed by atoms with Crippen LogP contribution >= 0.6 is 11.8 Å². The van der Waals surface area contributed by atoms with E-state index in [1.54, 1.807) is 0 Å². The first-order valence-corrected chi connectivity index (χ1v) is 11.2. The maximum absolute atomic E-state index is 11.8. The van der Waals surface area contributed by atoms with E-state index in [-0.39, 0.29) is 15.7 Å². The van der Waals surface area contributed by atoms with Gasteiger partial charge in [-0.3, -0.25) is 4.79 Å². The lowest BCUT2D eigenvalue weighted by atomic mass is 9.91. The van der Waals surface area contributed by atoms with Crippen molar-refractivity contribution in [2.24, 2.45) is 5.92 Å². The fourth-order valence-corrected chi connectivity index (χ4v) is 5.80. The Hall–Kier alpha value is -0.566. The SMILES string of the molecule is CC[SiH2]O[SiH3].O=C1C(CCc2ccccc2)[C@@H]2SCCN12. The van der Waals surface area contributed by atoms with E-state index < -0.39 is 0 Å². The number of hydrogen-bond acceptors (Lipinski definition) is 3. The molecule has 1 aromatic carbocycles. The van der Waals surface area contributed by atoms with Gasteiger partial charge in [0.2, 0.25) is 5.91 Å². The van der Waals surface area contributed by atoms with E-state index >= 15 is 0 Å². The molecule has 2 saturated heterocycles. The third kappa shape index (κ3) is 4.45. The summed E-state index contributed by atoms with van der Waals surface area (Å²) in [5.74, 6) is 1.79. The normalized spacial score (nSPS) is 23.9. The summed E-state index contributed by atoms with van der Waals surface area (Å²) >= 11 is 1.94. The van der Waals surface area contributed by atoms with Crippen molar-refractivity contribution < 1.29 is 8.91 Å². The molecule has 1 amide bonds. The highest BCUT2D eigenvalue weighted by Crippen LogP contribution is 2.41. The largest absolute Gasteiger partial charge is 0.468 e. The fraction of sp³-hybridized carbons (Fsp3) is 0.533. The maximum Gasteiger partial charge on any atom is 0.229 e. The van der Waals surface area contributed by atoms with Crippen LogP contribution in [0.3, 0.4) is 0 Å². The predicted molar refractivity (Wildman–Crippen MR) is 96.3 cm³/mol. The lowest BCUT2D eigenvalue weighted by Crippen LogP contribution is -2.56. The van der Waals surface area contributed by atoms with Crippen molar-refractivity contribution in [3.63, 3.8) is 0 Å². The lowest BCUT2D eigenvalue weighted by Gasteiger charge is -2.41. The number of carbonyl (C=O) groups is 1. The maximum atomic E-state index is 11.8. The number of rotatable bonds is 5. The first-order chi connectivity index (χ1) is 10.3. The van der Waals surface area contributed by atoms with Gasteiger partial charge in [0.05, 0.1) is 11.3 Å². The number of amides is 1. The summed E-state index contributed by atoms with van der Waals surface area (Å²) in [5, 5.41) is 0.496. The van der Waals surface area contributed by atoms with E-state index in [1.807, 2.05) is 22.7 Å². The number of fused-ring (bicyclic) bond motifs is 1. The molecule has 0 aliphatic carbocycles. The van der Waals surface area contributed by atoms with Gasteiger partial charge in [-0.15, -0.1) is 11.8 Å². The van der Waals surface area contributed by atoms with Crippen LogP contribution in [-0.2, 0) is 15.3 Å². The zero-order valence-electron chi connectivity index (χ0n) is 13.0. The van der Waals surface area contributed by atoms with Crippen LogP contribution in [0.5, 0.6) is 0 Å². The molecule has 0 aromatic heterocycles. The molecular formula is C15H25NO2SSi2. The summed E-state index contributed by atoms with van der Waals surface area (Å²) in [6.07, 6.45) is 2.04. The van der Waals surface area contributed by atoms with Crippen LogP contribution in [0.15, 0.2) is 30.3 Å². The van der Waals surface area contributed by atoms with Crippen LogP contribution in [0.25, 0.3) is 0 Å². The second-order valence-corrected chi connectivity index (χ2v) is 10.4. The Kier molecular flexibility index (Phi) is 7.02. The molecule has 6 heteroatoms. The van der Waals surface area contributed by atoms with Crippen LogP contribution < -0.4 is 0 Å². The first kappa shape index (κ1) is 16.8. The molecule has 3 rings (SSSR count). The van der Waals surface area contributed by atoms with Gasteiger partial charge >= 0.3 is 0 Å². The van der Waals surface area contributed by atoms with E-state index in [1.165, 1.54) is 11.6 Å². The van der Waals surface area contributed by atoms with Gasteiger partial charge in [0.25, 0.3) is 0 Å². The minimum atomic E-state index is -0.00617. The van der Waals surface area contributed by atoms with Gasteiger partial charge in [-0.25, -0.2) is 0 Å². The number of hydrogen-bond donors (Lipinski definition) is 0. The predicted octanol–water partition coefficient (Wildman–Crippen LogP) is 0.956. The van der Waals surface area contributed by atoms with Crippen molar-refractivity contribution in [1.29, 1.82) is 0 Å².